The van der Waals surface area contributed by atoms with Gasteiger partial charge in [-0.25, -0.2) is 0 Å². The summed E-state index contributed by atoms with van der Waals surface area (Å²) in [6, 6.07) is 13.4. The van der Waals surface area contributed by atoms with E-state index in [-0.39, 0.29) is 18.7 Å². The number of carbonyl (C=O) groups is 2. The number of nitrogens with one attached hydrogen (secondary N) is 1. The summed E-state index contributed by atoms with van der Waals surface area (Å²) in [5, 5.41) is 14.7. The molecule has 2 aromatic carbocycles. The van der Waals surface area contributed by atoms with Gasteiger partial charge in [-0.2, -0.15) is 0 Å². The lowest BCUT2D eigenvalue weighted by atomic mass is 9.82. The number of benzene rings is 2. The van der Waals surface area contributed by atoms with Crippen molar-refractivity contribution in [3.05, 3.63) is 53.6 Å². The average Bonchev–Trinajstić information content (AvgIpc) is 2.54. The van der Waals surface area contributed by atoms with Crippen LogP contribution in [0.4, 0.5) is 5.69 Å². The fraction of sp³-hybridized carbons (Fsp3) is 0.222. The van der Waals surface area contributed by atoms with Gasteiger partial charge in [-0.05, 0) is 24.3 Å². The molecule has 118 valence electrons. The summed E-state index contributed by atoms with van der Waals surface area (Å²) in [5.74, 6) is -2.68. The van der Waals surface area contributed by atoms with Crippen molar-refractivity contribution in [2.45, 2.75) is 12.8 Å². The van der Waals surface area contributed by atoms with E-state index in [1.54, 1.807) is 6.08 Å². The molecule has 0 fully saturated rings. The Morgan fingerprint density at radius 3 is 2.61 bits per heavy atom. The molecule has 0 spiro atoms. The van der Waals surface area contributed by atoms with E-state index < -0.39 is 17.8 Å². The molecule has 0 saturated heterocycles. The zero-order valence-corrected chi connectivity index (χ0v) is 13.1. The number of halogens is 1. The van der Waals surface area contributed by atoms with Crippen LogP contribution in [0.3, 0.4) is 0 Å². The molecule has 0 bridgehead atoms. The second-order valence-corrected chi connectivity index (χ2v) is 6.14. The van der Waals surface area contributed by atoms with Gasteiger partial charge >= 0.3 is 5.97 Å². The van der Waals surface area contributed by atoms with Gasteiger partial charge in [0.25, 0.3) is 0 Å². The maximum Gasteiger partial charge on any atom is 0.307 e. The number of amides is 1. The minimum atomic E-state index is -0.969. The Labute approximate surface area is 138 Å². The van der Waals surface area contributed by atoms with Crippen molar-refractivity contribution < 1.29 is 14.7 Å². The van der Waals surface area contributed by atoms with E-state index in [4.69, 9.17) is 11.6 Å². The highest BCUT2D eigenvalue weighted by Gasteiger charge is 2.36. The van der Waals surface area contributed by atoms with Gasteiger partial charge in [-0.1, -0.05) is 54.1 Å². The number of hydrogen-bond donors (Lipinski definition) is 2. The molecule has 1 amide bonds. The quantitative estimate of drug-likeness (QED) is 0.894. The number of carbonyl (C=O) groups excluding carboxylic acids is 1. The van der Waals surface area contributed by atoms with Crippen LogP contribution in [-0.4, -0.2) is 17.0 Å². The highest BCUT2D eigenvalue weighted by molar-refractivity contribution is 6.29. The Balaban J connectivity index is 1.88. The van der Waals surface area contributed by atoms with Crippen LogP contribution in [0.1, 0.15) is 12.8 Å². The van der Waals surface area contributed by atoms with Gasteiger partial charge in [0.2, 0.25) is 5.91 Å². The van der Waals surface area contributed by atoms with Gasteiger partial charge in [0.1, 0.15) is 0 Å². The number of allylic oxidation sites excluding steroid dienone is 2. The third-order valence-corrected chi connectivity index (χ3v) is 4.50. The minimum Gasteiger partial charge on any atom is -0.481 e. The Hall–Kier alpha value is -2.33. The van der Waals surface area contributed by atoms with Crippen molar-refractivity contribution in [1.82, 2.24) is 0 Å². The first-order valence-corrected chi connectivity index (χ1v) is 7.80. The molecule has 2 aromatic rings. The van der Waals surface area contributed by atoms with Crippen LogP contribution in [0.2, 0.25) is 0 Å². The minimum absolute atomic E-state index is 0.259. The van der Waals surface area contributed by atoms with Crippen molar-refractivity contribution in [3.8, 4) is 0 Å². The summed E-state index contributed by atoms with van der Waals surface area (Å²) in [5.41, 5.74) is 0.683. The van der Waals surface area contributed by atoms with Crippen molar-refractivity contribution in [2.24, 2.45) is 11.8 Å². The average molecular weight is 330 g/mol. The second-order valence-electron chi connectivity index (χ2n) is 5.66. The molecule has 2 N–H and O–H groups in total. The molecule has 23 heavy (non-hydrogen) atoms. The van der Waals surface area contributed by atoms with E-state index in [1.165, 1.54) is 0 Å². The van der Waals surface area contributed by atoms with E-state index >= 15 is 0 Å². The van der Waals surface area contributed by atoms with E-state index in [1.807, 2.05) is 42.5 Å². The first-order chi connectivity index (χ1) is 11.1. The highest BCUT2D eigenvalue weighted by atomic mass is 35.5. The number of hydrogen-bond acceptors (Lipinski definition) is 2. The molecule has 0 aliphatic heterocycles. The molecule has 3 rings (SSSR count). The fourth-order valence-electron chi connectivity index (χ4n) is 2.96. The largest absolute Gasteiger partial charge is 0.481 e. The summed E-state index contributed by atoms with van der Waals surface area (Å²) in [7, 11) is 0. The lowest BCUT2D eigenvalue weighted by molar-refractivity contribution is -0.146. The zero-order chi connectivity index (χ0) is 16.4. The molecule has 2 unspecified atom stereocenters. The fourth-order valence-corrected chi connectivity index (χ4v) is 3.22. The zero-order valence-electron chi connectivity index (χ0n) is 12.3. The number of rotatable bonds is 3. The molecule has 2 atom stereocenters. The second kappa shape index (κ2) is 6.42. The van der Waals surface area contributed by atoms with Crippen LogP contribution >= 0.6 is 11.6 Å². The summed E-state index contributed by atoms with van der Waals surface area (Å²) < 4.78 is 0. The first-order valence-electron chi connectivity index (χ1n) is 7.42. The summed E-state index contributed by atoms with van der Waals surface area (Å²) in [6.45, 7) is 0. The Morgan fingerprint density at radius 2 is 1.83 bits per heavy atom. The molecular formula is C18H16ClNO3. The van der Waals surface area contributed by atoms with Crippen molar-refractivity contribution in [2.75, 3.05) is 5.32 Å². The molecular weight excluding hydrogens is 314 g/mol. The van der Waals surface area contributed by atoms with Crippen molar-refractivity contribution in [3.63, 3.8) is 0 Å². The van der Waals surface area contributed by atoms with Crippen LogP contribution in [-0.2, 0) is 9.59 Å². The first kappa shape index (κ1) is 15.6. The highest BCUT2D eigenvalue weighted by Crippen LogP contribution is 2.33. The van der Waals surface area contributed by atoms with E-state index in [0.29, 0.717) is 10.7 Å². The Morgan fingerprint density at radius 1 is 1.09 bits per heavy atom. The van der Waals surface area contributed by atoms with Gasteiger partial charge in [0.15, 0.2) is 0 Å². The maximum absolute atomic E-state index is 12.6. The predicted octanol–water partition coefficient (Wildman–Crippen LogP) is 4.01. The van der Waals surface area contributed by atoms with E-state index in [2.05, 4.69) is 5.32 Å². The maximum atomic E-state index is 12.6. The normalized spacial score (nSPS) is 20.8. The SMILES string of the molecule is O=C(O)C1CC=C(Cl)CC1C(=O)Nc1cccc2ccccc12. The Bertz CT molecular complexity index is 794. The lowest BCUT2D eigenvalue weighted by Gasteiger charge is -2.26. The third-order valence-electron chi connectivity index (χ3n) is 4.20. The molecule has 0 heterocycles. The third kappa shape index (κ3) is 3.22. The smallest absolute Gasteiger partial charge is 0.307 e. The van der Waals surface area contributed by atoms with Crippen LogP contribution in [0, 0.1) is 11.8 Å². The van der Waals surface area contributed by atoms with Crippen molar-refractivity contribution in [1.29, 1.82) is 0 Å². The van der Waals surface area contributed by atoms with E-state index in [9.17, 15) is 14.7 Å². The molecule has 0 radical (unpaired) electrons. The molecule has 4 nitrogen and oxygen atoms in total. The lowest BCUT2D eigenvalue weighted by Crippen LogP contribution is -2.35. The number of carboxylic acid groups (broad SMARTS) is 1. The monoisotopic (exact) mass is 329 g/mol. The van der Waals surface area contributed by atoms with Gasteiger partial charge in [-0.3, -0.25) is 9.59 Å². The van der Waals surface area contributed by atoms with Crippen LogP contribution in [0.25, 0.3) is 10.8 Å². The van der Waals surface area contributed by atoms with Crippen LogP contribution in [0.15, 0.2) is 53.6 Å². The van der Waals surface area contributed by atoms with Gasteiger partial charge < -0.3 is 10.4 Å². The molecule has 0 aromatic heterocycles. The molecule has 5 heteroatoms. The molecule has 1 aliphatic rings. The van der Waals surface area contributed by atoms with Gasteiger partial charge in [-0.15, -0.1) is 0 Å². The van der Waals surface area contributed by atoms with Crippen LogP contribution in [0.5, 0.6) is 0 Å². The number of carboxylic acids is 1. The predicted molar refractivity (Wildman–Crippen MR) is 90.4 cm³/mol. The van der Waals surface area contributed by atoms with Crippen molar-refractivity contribution >= 4 is 39.9 Å². The standard InChI is InChI=1S/C18H16ClNO3/c19-12-8-9-14(18(22)23)15(10-12)17(21)20-16-7-3-5-11-4-1-2-6-13(11)16/h1-8,14-15H,9-10H2,(H,20,21)(H,22,23). The number of aliphatic carboxylic acids is 1. The van der Waals surface area contributed by atoms with Crippen LogP contribution < -0.4 is 5.32 Å². The van der Waals surface area contributed by atoms with Gasteiger partial charge in [0, 0.05) is 16.1 Å². The number of anilines is 1. The topological polar surface area (TPSA) is 66.4 Å². The summed E-state index contributed by atoms with van der Waals surface area (Å²) in [6.07, 6.45) is 2.22. The Kier molecular flexibility index (Phi) is 4.35. The number of fused-ring (bicyclic) bond motifs is 1. The van der Waals surface area contributed by atoms with Gasteiger partial charge in [0.05, 0.1) is 11.8 Å². The molecule has 0 saturated carbocycles. The summed E-state index contributed by atoms with van der Waals surface area (Å²) >= 11 is 6.01. The molecule has 1 aliphatic carbocycles. The summed E-state index contributed by atoms with van der Waals surface area (Å²) in [4.78, 5) is 24.0. The van der Waals surface area contributed by atoms with E-state index in [0.717, 1.165) is 10.8 Å².